The van der Waals surface area contributed by atoms with Crippen molar-refractivity contribution in [1.29, 1.82) is 0 Å². The molecule has 4 rings (SSSR count). The monoisotopic (exact) mass is 398 g/mol. The summed E-state index contributed by atoms with van der Waals surface area (Å²) >= 11 is 6.20. The fourth-order valence-electron chi connectivity index (χ4n) is 3.23. The lowest BCUT2D eigenvalue weighted by molar-refractivity contribution is -0.117. The van der Waals surface area contributed by atoms with Gasteiger partial charge in [0.05, 0.1) is 5.02 Å². The van der Waals surface area contributed by atoms with Crippen molar-refractivity contribution in [3.63, 3.8) is 0 Å². The quantitative estimate of drug-likeness (QED) is 0.793. The minimum atomic E-state index is -0.268. The summed E-state index contributed by atoms with van der Waals surface area (Å²) in [5.74, 6) is 0.978. The van der Waals surface area contributed by atoms with Gasteiger partial charge in [0.1, 0.15) is 13.2 Å². The molecule has 0 atom stereocenters. The van der Waals surface area contributed by atoms with Crippen molar-refractivity contribution in [2.24, 2.45) is 0 Å². The molecule has 2 aliphatic heterocycles. The maximum atomic E-state index is 12.2. The largest absolute Gasteiger partial charge is 0.486 e. The minimum Gasteiger partial charge on any atom is -0.486 e. The molecule has 1 saturated heterocycles. The van der Waals surface area contributed by atoms with Crippen molar-refractivity contribution in [3.05, 3.63) is 53.1 Å². The Morgan fingerprint density at radius 3 is 2.68 bits per heavy atom. The number of carbonyl (C=O) groups excluding carboxylic acids is 2. The molecule has 2 amide bonds. The highest BCUT2D eigenvalue weighted by Gasteiger charge is 2.21. The van der Waals surface area contributed by atoms with Gasteiger partial charge in [0.25, 0.3) is 0 Å². The third kappa shape index (κ3) is 3.97. The summed E-state index contributed by atoms with van der Waals surface area (Å²) in [5.41, 5.74) is 2.25. The zero-order valence-electron chi connectivity index (χ0n) is 15.1. The molecule has 0 radical (unpaired) electrons. The number of rotatable bonds is 4. The molecule has 2 aromatic rings. The van der Waals surface area contributed by atoms with Gasteiger partial charge in [-0.2, -0.15) is 0 Å². The summed E-state index contributed by atoms with van der Waals surface area (Å²) in [6, 6.07) is 10.8. The van der Waals surface area contributed by atoms with Crippen LogP contribution in [0.1, 0.15) is 18.4 Å². The number of halogens is 1. The van der Waals surface area contributed by atoms with E-state index in [1.165, 1.54) is 6.08 Å². The average Bonchev–Trinajstić information content (AvgIpc) is 3.13. The molecule has 0 bridgehead atoms. The number of carbonyl (C=O) groups is 2. The SMILES string of the molecule is O=C(/C=C/c1cc(Cl)c2c(c1)OCCO2)Nc1ccc(N2CCCC2=O)cc1. The standard InChI is InChI=1S/C21H19ClN2O4/c22-17-12-14(13-18-21(17)28-11-10-27-18)3-8-19(25)23-15-4-6-16(7-5-15)24-9-1-2-20(24)26/h3-8,12-13H,1-2,9-11H2,(H,23,25)/b8-3+. The molecular weight excluding hydrogens is 380 g/mol. The van der Waals surface area contributed by atoms with Crippen LogP contribution in [0.4, 0.5) is 11.4 Å². The van der Waals surface area contributed by atoms with E-state index in [1.54, 1.807) is 35.2 Å². The molecule has 2 aromatic carbocycles. The molecule has 2 aliphatic rings. The Morgan fingerprint density at radius 2 is 1.93 bits per heavy atom. The number of nitrogens with one attached hydrogen (secondary N) is 1. The first-order chi connectivity index (χ1) is 13.6. The summed E-state index contributed by atoms with van der Waals surface area (Å²) in [7, 11) is 0. The normalized spacial score (nSPS) is 15.9. The van der Waals surface area contributed by atoms with Gasteiger partial charge >= 0.3 is 0 Å². The number of amides is 2. The van der Waals surface area contributed by atoms with Crippen LogP contribution in [0.2, 0.25) is 5.02 Å². The molecule has 6 nitrogen and oxygen atoms in total. The van der Waals surface area contributed by atoms with Gasteiger partial charge in [-0.1, -0.05) is 11.6 Å². The molecule has 144 valence electrons. The predicted molar refractivity (Wildman–Crippen MR) is 108 cm³/mol. The number of ether oxygens (including phenoxy) is 2. The summed E-state index contributed by atoms with van der Waals surface area (Å²) in [6.45, 7) is 1.68. The highest BCUT2D eigenvalue weighted by Crippen LogP contribution is 2.38. The molecule has 0 spiro atoms. The van der Waals surface area contributed by atoms with Gasteiger partial charge in [0.2, 0.25) is 11.8 Å². The van der Waals surface area contributed by atoms with E-state index in [4.69, 9.17) is 21.1 Å². The van der Waals surface area contributed by atoms with Crippen molar-refractivity contribution in [3.8, 4) is 11.5 Å². The molecular formula is C21H19ClN2O4. The topological polar surface area (TPSA) is 67.9 Å². The molecule has 1 N–H and O–H groups in total. The Balaban J connectivity index is 1.40. The molecule has 28 heavy (non-hydrogen) atoms. The Hall–Kier alpha value is -2.99. The van der Waals surface area contributed by atoms with Crippen LogP contribution in [0.25, 0.3) is 6.08 Å². The second-order valence-electron chi connectivity index (χ2n) is 6.55. The van der Waals surface area contributed by atoms with Crippen LogP contribution in [-0.4, -0.2) is 31.6 Å². The molecule has 0 saturated carbocycles. The molecule has 1 fully saturated rings. The zero-order chi connectivity index (χ0) is 19.5. The van der Waals surface area contributed by atoms with Crippen molar-refractivity contribution in [1.82, 2.24) is 0 Å². The van der Waals surface area contributed by atoms with E-state index >= 15 is 0 Å². The molecule has 7 heteroatoms. The number of anilines is 2. The van der Waals surface area contributed by atoms with Crippen LogP contribution in [0.15, 0.2) is 42.5 Å². The Morgan fingerprint density at radius 1 is 1.14 bits per heavy atom. The number of fused-ring (bicyclic) bond motifs is 1. The average molecular weight is 399 g/mol. The van der Waals surface area contributed by atoms with Crippen LogP contribution in [0.5, 0.6) is 11.5 Å². The number of nitrogens with zero attached hydrogens (tertiary/aromatic N) is 1. The minimum absolute atomic E-state index is 0.137. The lowest BCUT2D eigenvalue weighted by Gasteiger charge is -2.19. The van der Waals surface area contributed by atoms with Crippen LogP contribution in [0, 0.1) is 0 Å². The smallest absolute Gasteiger partial charge is 0.248 e. The first kappa shape index (κ1) is 18.4. The zero-order valence-corrected chi connectivity index (χ0v) is 15.9. The van der Waals surface area contributed by atoms with Gasteiger partial charge in [-0.15, -0.1) is 0 Å². The second-order valence-corrected chi connectivity index (χ2v) is 6.95. The fourth-order valence-corrected chi connectivity index (χ4v) is 3.50. The van der Waals surface area contributed by atoms with Gasteiger partial charge in [-0.05, 0) is 54.5 Å². The number of benzene rings is 2. The Kier molecular flexibility index (Phi) is 5.21. The summed E-state index contributed by atoms with van der Waals surface area (Å²) < 4.78 is 11.0. The molecule has 2 heterocycles. The number of hydrogen-bond donors (Lipinski definition) is 1. The Labute approximate surface area is 167 Å². The first-order valence-electron chi connectivity index (χ1n) is 9.09. The lowest BCUT2D eigenvalue weighted by Crippen LogP contribution is -2.23. The fraction of sp³-hybridized carbons (Fsp3) is 0.238. The second kappa shape index (κ2) is 7.94. The maximum absolute atomic E-state index is 12.2. The van der Waals surface area contributed by atoms with E-state index in [9.17, 15) is 9.59 Å². The lowest BCUT2D eigenvalue weighted by atomic mass is 10.1. The molecule has 0 aromatic heterocycles. The Bertz CT molecular complexity index is 940. The van der Waals surface area contributed by atoms with Crippen LogP contribution >= 0.6 is 11.6 Å². The van der Waals surface area contributed by atoms with Gasteiger partial charge in [0.15, 0.2) is 11.5 Å². The van der Waals surface area contributed by atoms with Gasteiger partial charge in [-0.25, -0.2) is 0 Å². The van der Waals surface area contributed by atoms with E-state index in [-0.39, 0.29) is 11.8 Å². The van der Waals surface area contributed by atoms with E-state index < -0.39 is 0 Å². The van der Waals surface area contributed by atoms with Crippen LogP contribution in [-0.2, 0) is 9.59 Å². The van der Waals surface area contributed by atoms with Gasteiger partial charge in [0, 0.05) is 30.4 Å². The highest BCUT2D eigenvalue weighted by atomic mass is 35.5. The van der Waals surface area contributed by atoms with Gasteiger partial charge in [-0.3, -0.25) is 9.59 Å². The van der Waals surface area contributed by atoms with Crippen molar-refractivity contribution < 1.29 is 19.1 Å². The highest BCUT2D eigenvalue weighted by molar-refractivity contribution is 6.32. The molecule has 0 aliphatic carbocycles. The summed E-state index contributed by atoms with van der Waals surface area (Å²) in [4.78, 5) is 25.8. The maximum Gasteiger partial charge on any atom is 0.248 e. The summed E-state index contributed by atoms with van der Waals surface area (Å²) in [5, 5.41) is 3.25. The van der Waals surface area contributed by atoms with E-state index in [2.05, 4.69) is 5.32 Å². The van der Waals surface area contributed by atoms with Crippen molar-refractivity contribution >= 4 is 40.9 Å². The van der Waals surface area contributed by atoms with E-state index in [1.807, 2.05) is 12.1 Å². The van der Waals surface area contributed by atoms with Crippen molar-refractivity contribution in [2.75, 3.05) is 30.0 Å². The van der Waals surface area contributed by atoms with Crippen molar-refractivity contribution in [2.45, 2.75) is 12.8 Å². The van der Waals surface area contributed by atoms with Crippen LogP contribution in [0.3, 0.4) is 0 Å². The summed E-state index contributed by atoms with van der Waals surface area (Å²) in [6.07, 6.45) is 4.57. The first-order valence-corrected chi connectivity index (χ1v) is 9.46. The number of hydrogen-bond acceptors (Lipinski definition) is 4. The molecule has 0 unspecified atom stereocenters. The van der Waals surface area contributed by atoms with Gasteiger partial charge < -0.3 is 19.7 Å². The van der Waals surface area contributed by atoms with Crippen LogP contribution < -0.4 is 19.7 Å². The van der Waals surface area contributed by atoms with E-state index in [0.717, 1.165) is 24.2 Å². The third-order valence-electron chi connectivity index (χ3n) is 4.57. The van der Waals surface area contributed by atoms with E-state index in [0.29, 0.717) is 41.8 Å². The third-order valence-corrected chi connectivity index (χ3v) is 4.85. The predicted octanol–water partition coefficient (Wildman–Crippen LogP) is 3.89.